The van der Waals surface area contributed by atoms with Gasteiger partial charge >= 0.3 is 6.18 Å². The maximum absolute atomic E-state index is 12.5. The number of nitrogens with zero attached hydrogens (tertiary/aromatic N) is 2. The molecule has 2 N–H and O–H groups in total. The maximum atomic E-state index is 12.5. The van der Waals surface area contributed by atoms with Crippen LogP contribution in [0.5, 0.6) is 0 Å². The van der Waals surface area contributed by atoms with Crippen LogP contribution in [-0.2, 0) is 0 Å². The van der Waals surface area contributed by atoms with E-state index in [0.29, 0.717) is 33.0 Å². The molecule has 2 aromatic rings. The second kappa shape index (κ2) is 11.4. The van der Waals surface area contributed by atoms with E-state index in [0.717, 1.165) is 17.0 Å². The number of aliphatic imine (C=N–C) groups is 1. The third-order valence-corrected chi connectivity index (χ3v) is 4.58. The zero-order chi connectivity index (χ0) is 22.0. The van der Waals surface area contributed by atoms with Crippen LogP contribution in [0, 0.1) is 5.92 Å². The number of halogens is 3. The predicted octanol–water partition coefficient (Wildman–Crippen LogP) is 6.08. The number of aldehydes is 1. The highest BCUT2D eigenvalue weighted by atomic mass is 32.1. The van der Waals surface area contributed by atoms with Crippen LogP contribution in [0.3, 0.4) is 0 Å². The number of hydrogen-bond donors (Lipinski definition) is 2. The third kappa shape index (κ3) is 8.06. The summed E-state index contributed by atoms with van der Waals surface area (Å²) in [5.74, 6) is 0.648. The Labute approximate surface area is 172 Å². The van der Waals surface area contributed by atoms with Crippen molar-refractivity contribution in [1.82, 2.24) is 10.3 Å². The fraction of sp³-hybridized carbons (Fsp3) is 0.350. The van der Waals surface area contributed by atoms with Crippen molar-refractivity contribution in [2.24, 2.45) is 10.9 Å². The summed E-state index contributed by atoms with van der Waals surface area (Å²) in [5.41, 5.74) is 1.37. The van der Waals surface area contributed by atoms with Gasteiger partial charge in [0.25, 0.3) is 0 Å². The van der Waals surface area contributed by atoms with Gasteiger partial charge in [0.15, 0.2) is 6.29 Å². The van der Waals surface area contributed by atoms with E-state index in [1.54, 1.807) is 0 Å². The van der Waals surface area contributed by atoms with Gasteiger partial charge in [0.05, 0.1) is 22.3 Å². The number of pyridine rings is 1. The average Bonchev–Trinajstić information content (AvgIpc) is 3.04. The Balaban J connectivity index is 0.000000749. The van der Waals surface area contributed by atoms with E-state index in [1.807, 2.05) is 26.0 Å². The molecule has 0 spiro atoms. The van der Waals surface area contributed by atoms with Crippen molar-refractivity contribution in [2.75, 3.05) is 11.9 Å². The lowest BCUT2D eigenvalue weighted by atomic mass is 10.2. The molecule has 2 heterocycles. The molecule has 0 bridgehead atoms. The molecule has 0 fully saturated rings. The fourth-order valence-electron chi connectivity index (χ4n) is 1.86. The molecule has 9 heteroatoms. The first-order valence-electron chi connectivity index (χ1n) is 8.84. The zero-order valence-corrected chi connectivity index (χ0v) is 17.6. The number of rotatable bonds is 7. The monoisotopic (exact) mass is 426 g/mol. The quantitative estimate of drug-likeness (QED) is 0.244. The van der Waals surface area contributed by atoms with E-state index in [1.165, 1.54) is 18.6 Å². The second-order valence-corrected chi connectivity index (χ2v) is 7.32. The molecular weight excluding hydrogens is 401 g/mol. The number of aromatic nitrogens is 1. The van der Waals surface area contributed by atoms with Crippen molar-refractivity contribution in [2.45, 2.75) is 33.9 Å². The number of anilines is 1. The van der Waals surface area contributed by atoms with Crippen LogP contribution in [0.25, 0.3) is 10.2 Å². The van der Waals surface area contributed by atoms with E-state index in [9.17, 15) is 18.0 Å². The molecule has 0 aromatic carbocycles. The highest BCUT2D eigenvalue weighted by Gasteiger charge is 2.27. The number of hydrogen-bond acceptors (Lipinski definition) is 5. The number of fused-ring (bicyclic) bond motifs is 1. The van der Waals surface area contributed by atoms with Crippen molar-refractivity contribution in [1.29, 1.82) is 0 Å². The van der Waals surface area contributed by atoms with E-state index in [2.05, 4.69) is 41.0 Å². The van der Waals surface area contributed by atoms with Crippen molar-refractivity contribution < 1.29 is 18.0 Å². The SMILES string of the molecule is C/C=C(\C)NC=Nc1c(C=O)sc2nccc(NCC(F)(F)F)c12.C=CC(C)C. The lowest BCUT2D eigenvalue weighted by Crippen LogP contribution is -2.21. The number of nitrogens with one attached hydrogen (secondary N) is 2. The minimum absolute atomic E-state index is 0.233. The van der Waals surface area contributed by atoms with Gasteiger partial charge in [-0.2, -0.15) is 13.2 Å². The summed E-state index contributed by atoms with van der Waals surface area (Å²) in [4.78, 5) is 20.3. The predicted molar refractivity (Wildman–Crippen MR) is 115 cm³/mol. The molecule has 0 saturated carbocycles. The molecule has 5 nitrogen and oxygen atoms in total. The van der Waals surface area contributed by atoms with Gasteiger partial charge in [0.1, 0.15) is 11.4 Å². The van der Waals surface area contributed by atoms with Crippen molar-refractivity contribution in [3.05, 3.63) is 41.6 Å². The number of carbonyl (C=O) groups is 1. The highest BCUT2D eigenvalue weighted by Crippen LogP contribution is 2.40. The van der Waals surface area contributed by atoms with Crippen LogP contribution >= 0.6 is 11.3 Å². The van der Waals surface area contributed by atoms with Gasteiger partial charge in [-0.1, -0.05) is 26.0 Å². The van der Waals surface area contributed by atoms with E-state index < -0.39 is 12.7 Å². The standard InChI is InChI=1S/C15H15F3N4OS.C5H10/c1-3-9(2)21-8-22-13-11(6-23)24-14-12(13)10(4-5-19-14)20-7-15(16,17)18;1-4-5(2)3/h3-6,8H,7H2,1-2H3,(H,19,20)(H,21,22);4-5H,1H2,2-3H3/b9-3+;. The topological polar surface area (TPSA) is 66.4 Å². The van der Waals surface area contributed by atoms with Gasteiger partial charge in [-0.05, 0) is 25.8 Å². The van der Waals surface area contributed by atoms with Gasteiger partial charge in [0, 0.05) is 17.6 Å². The summed E-state index contributed by atoms with van der Waals surface area (Å²) < 4.78 is 37.4. The van der Waals surface area contributed by atoms with Crippen LogP contribution in [0.4, 0.5) is 24.5 Å². The van der Waals surface area contributed by atoms with Gasteiger partial charge in [-0.25, -0.2) is 9.98 Å². The molecular formula is C20H25F3N4OS. The average molecular weight is 427 g/mol. The maximum Gasteiger partial charge on any atom is 0.405 e. The molecule has 29 heavy (non-hydrogen) atoms. The van der Waals surface area contributed by atoms with Gasteiger partial charge in [0.2, 0.25) is 0 Å². The molecule has 0 atom stereocenters. The molecule has 0 amide bonds. The van der Waals surface area contributed by atoms with Crippen LogP contribution in [0.15, 0.2) is 41.7 Å². The zero-order valence-electron chi connectivity index (χ0n) is 16.8. The Bertz CT molecular complexity index is 886. The molecule has 0 aliphatic rings. The normalized spacial score (nSPS) is 12.1. The summed E-state index contributed by atoms with van der Waals surface area (Å²) in [6, 6.07) is 1.43. The summed E-state index contributed by atoms with van der Waals surface area (Å²) in [6.07, 6.45) is 2.80. The van der Waals surface area contributed by atoms with Gasteiger partial charge < -0.3 is 10.6 Å². The summed E-state index contributed by atoms with van der Waals surface area (Å²) in [5, 5.41) is 5.63. The van der Waals surface area contributed by atoms with Crippen molar-refractivity contribution in [3.63, 3.8) is 0 Å². The smallest absolute Gasteiger partial charge is 0.376 e. The first-order valence-corrected chi connectivity index (χ1v) is 9.66. The van der Waals surface area contributed by atoms with Crippen molar-refractivity contribution in [3.8, 4) is 0 Å². The summed E-state index contributed by atoms with van der Waals surface area (Å²) in [7, 11) is 0. The molecule has 158 valence electrons. The Morgan fingerprint density at radius 3 is 2.59 bits per heavy atom. The fourth-order valence-corrected chi connectivity index (χ4v) is 2.79. The Morgan fingerprint density at radius 1 is 1.41 bits per heavy atom. The lowest BCUT2D eigenvalue weighted by molar-refractivity contribution is -0.115. The molecule has 0 unspecified atom stereocenters. The number of alkyl halides is 3. The van der Waals surface area contributed by atoms with Gasteiger partial charge in [-0.3, -0.25) is 4.79 Å². The summed E-state index contributed by atoms with van der Waals surface area (Å²) >= 11 is 1.08. The molecule has 0 aliphatic heterocycles. The highest BCUT2D eigenvalue weighted by molar-refractivity contribution is 7.21. The second-order valence-electron chi connectivity index (χ2n) is 6.29. The molecule has 0 aliphatic carbocycles. The number of allylic oxidation sites excluding steroid dienone is 3. The molecule has 0 radical (unpaired) electrons. The Morgan fingerprint density at radius 2 is 2.07 bits per heavy atom. The first kappa shape index (κ1) is 24.4. The minimum atomic E-state index is -4.35. The molecule has 0 saturated heterocycles. The van der Waals surface area contributed by atoms with E-state index >= 15 is 0 Å². The van der Waals surface area contributed by atoms with Crippen LogP contribution in [0.2, 0.25) is 0 Å². The van der Waals surface area contributed by atoms with E-state index in [-0.39, 0.29) is 5.69 Å². The van der Waals surface area contributed by atoms with Crippen LogP contribution in [0.1, 0.15) is 37.4 Å². The number of thiophene rings is 1. The number of carbonyl (C=O) groups excluding carboxylic acids is 1. The van der Waals surface area contributed by atoms with Crippen LogP contribution < -0.4 is 10.6 Å². The summed E-state index contributed by atoms with van der Waals surface area (Å²) in [6.45, 7) is 10.3. The molecule has 2 rings (SSSR count). The van der Waals surface area contributed by atoms with E-state index in [4.69, 9.17) is 0 Å². The van der Waals surface area contributed by atoms with Crippen LogP contribution in [-0.4, -0.2) is 30.3 Å². The Hall–Kier alpha value is -2.68. The lowest BCUT2D eigenvalue weighted by Gasteiger charge is -2.10. The Kier molecular flexibility index (Phi) is 9.54. The molecule has 2 aromatic heterocycles. The van der Waals surface area contributed by atoms with Gasteiger partial charge in [-0.15, -0.1) is 17.9 Å². The minimum Gasteiger partial charge on any atom is -0.376 e. The van der Waals surface area contributed by atoms with Crippen molar-refractivity contribution >= 4 is 45.6 Å². The first-order chi connectivity index (χ1) is 13.6. The third-order valence-electron chi connectivity index (χ3n) is 3.57. The largest absolute Gasteiger partial charge is 0.405 e.